The number of fused-ring (bicyclic) bond motifs is 9. The fourth-order valence-corrected chi connectivity index (χ4v) is 8.26. The molecule has 0 aliphatic carbocycles. The van der Waals surface area contributed by atoms with Crippen LogP contribution in [0.15, 0.2) is 34.1 Å². The molecule has 0 saturated heterocycles. The summed E-state index contributed by atoms with van der Waals surface area (Å²) in [5.74, 6) is -40.8. The summed E-state index contributed by atoms with van der Waals surface area (Å²) in [6.45, 7) is 0. The first-order valence-electron chi connectivity index (χ1n) is 16.7. The molecule has 0 saturated carbocycles. The van der Waals surface area contributed by atoms with E-state index in [0.29, 0.717) is 24.3 Å². The van der Waals surface area contributed by atoms with Gasteiger partial charge in [0.05, 0.1) is 59.9 Å². The van der Waals surface area contributed by atoms with Crippen molar-refractivity contribution < 1.29 is 109 Å². The molecule has 3 aromatic carbocycles. The Kier molecular flexibility index (Phi) is 11.3. The number of nitrogens with one attached hydrogen (secondary N) is 3. The second-order valence-electron chi connectivity index (χ2n) is 13.2. The first-order valence-corrected chi connectivity index (χ1v) is 19.5. The number of hydrogen-bond donors (Lipinski definition) is 3. The summed E-state index contributed by atoms with van der Waals surface area (Å²) in [6.07, 6.45) is 1.06. The molecule has 0 atom stereocenters. The van der Waals surface area contributed by atoms with Crippen LogP contribution in [0.25, 0.3) is 78.6 Å². The van der Waals surface area contributed by atoms with Crippen molar-refractivity contribution in [2.24, 2.45) is 0 Å². The second-order valence-corrected chi connectivity index (χ2v) is 15.9. The topological polar surface area (TPSA) is 175 Å². The summed E-state index contributed by atoms with van der Waals surface area (Å²) < 4.78 is 303. The quantitative estimate of drug-likeness (QED) is 0.0506. The molecule has 0 radical (unpaired) electrons. The Morgan fingerprint density at radius 2 is 0.662 bits per heavy atom. The Bertz CT molecular complexity index is 3620. The molecule has 3 N–H and O–H groups in total. The summed E-state index contributed by atoms with van der Waals surface area (Å²) in [7, 11) is -12.2. The second kappa shape index (κ2) is 15.7. The molecule has 10 nitrogen and oxygen atoms in total. The van der Waals surface area contributed by atoms with Crippen LogP contribution in [0.5, 0.6) is 0 Å². The van der Waals surface area contributed by atoms with Gasteiger partial charge in [-0.15, -0.1) is 0 Å². The van der Waals surface area contributed by atoms with E-state index in [2.05, 4.69) is 9.97 Å². The minimum absolute atomic E-state index is 0. The maximum Gasteiger partial charge on any atom is 2.00 e. The molecule has 28 heteroatoms. The molecular weight excluding hydrogens is 1000 g/mol. The number of hydrogen-bond acceptors (Lipinski definition) is 7. The summed E-state index contributed by atoms with van der Waals surface area (Å²) in [5, 5.41) is 0. The Morgan fingerprint density at radius 3 is 1.05 bits per heavy atom. The zero-order valence-corrected chi connectivity index (χ0v) is 32.9. The van der Waals surface area contributed by atoms with Crippen LogP contribution >= 0.6 is 0 Å². The van der Waals surface area contributed by atoms with Gasteiger partial charge in [-0.05, 0) is 36.4 Å². The summed E-state index contributed by atoms with van der Waals surface area (Å²) in [6, 6.07) is 1.21. The van der Waals surface area contributed by atoms with Gasteiger partial charge in [0, 0.05) is 27.7 Å². The van der Waals surface area contributed by atoms with Crippen molar-refractivity contribution in [3.63, 3.8) is 0 Å². The fourth-order valence-electron chi connectivity index (χ4n) is 6.92. The standard InChI is InChI=1S/C37H11F15N4O6S2.Fe/c38-21-18(22(39)28(45)33(50)27(21)44)15-7-1-2-9(53-7)16(19-23(40)29(46)34(51)30(47)24(19)41)11-5-13(63(57,58)59)36(55-11)12-6-14(64(60,61)62)37(56-12)17(10-4-3-8(15)54-10)20-25(42)31(48)35(52)32(49)26(20)43;/h1-6,54-56H,(H,57,58,59)(H,60,61,62);/q;+2/p-2. The monoisotopic (exact) mass is 1010 g/mol. The zero-order valence-electron chi connectivity index (χ0n) is 30.2. The summed E-state index contributed by atoms with van der Waals surface area (Å²) >= 11 is 0. The van der Waals surface area contributed by atoms with Crippen LogP contribution in [0.1, 0.15) is 11.4 Å². The smallest absolute Gasteiger partial charge is 0.744 e. The van der Waals surface area contributed by atoms with Crippen LogP contribution in [0, 0.1) is 87.3 Å². The molecule has 5 heterocycles. The molecule has 4 aromatic heterocycles. The predicted octanol–water partition coefficient (Wildman–Crippen LogP) is 9.59. The number of aromatic amines is 3. The molecule has 7 aromatic rings. The molecule has 65 heavy (non-hydrogen) atoms. The third-order valence-electron chi connectivity index (χ3n) is 9.65. The third-order valence-corrected chi connectivity index (χ3v) is 11.4. The SMILES string of the molecule is O=S(=O)([O-])c1cc2[nH]c1c(-c1c(F)c(F)c(F)c(F)c1F)c1ccc([nH]1)c(-c1c(F)c(F)c(F)c(F)c1F)c1nc(c(-c3c(F)c(F)c(F)c(F)c3F)c3cc(S(=O)(=O)[O-])c2[nH]3)C=C1.[Fe+2]. The molecule has 0 unspecified atom stereocenters. The summed E-state index contributed by atoms with van der Waals surface area (Å²) in [4.78, 5) is 6.46. The van der Waals surface area contributed by atoms with Gasteiger partial charge in [-0.1, -0.05) is 0 Å². The fraction of sp³-hybridized carbons (Fsp3) is 0. The van der Waals surface area contributed by atoms with Crippen molar-refractivity contribution in [1.82, 2.24) is 19.9 Å². The van der Waals surface area contributed by atoms with Gasteiger partial charge in [0.15, 0.2) is 69.8 Å². The van der Waals surface area contributed by atoms with E-state index in [1.807, 2.05) is 9.97 Å². The van der Waals surface area contributed by atoms with Gasteiger partial charge >= 0.3 is 17.1 Å². The maximum atomic E-state index is 15.8. The van der Waals surface area contributed by atoms with Crippen molar-refractivity contribution in [2.75, 3.05) is 0 Å². The Morgan fingerprint density at radius 1 is 0.369 bits per heavy atom. The van der Waals surface area contributed by atoms with E-state index in [4.69, 9.17) is 0 Å². The van der Waals surface area contributed by atoms with Crippen molar-refractivity contribution in [3.8, 4) is 33.4 Å². The Hall–Kier alpha value is -6.32. The van der Waals surface area contributed by atoms with Gasteiger partial charge in [0.1, 0.15) is 20.2 Å². The van der Waals surface area contributed by atoms with Gasteiger partial charge in [0.25, 0.3) is 0 Å². The number of nitrogens with zero attached hydrogens (tertiary/aromatic N) is 1. The number of aromatic nitrogens is 4. The molecule has 338 valence electrons. The molecule has 8 bridgehead atoms. The first-order chi connectivity index (χ1) is 29.8. The molecule has 0 amide bonds. The van der Waals surface area contributed by atoms with E-state index in [-0.39, 0.29) is 29.2 Å². The number of H-pyrrole nitrogens is 3. The number of rotatable bonds is 5. The van der Waals surface area contributed by atoms with Crippen LogP contribution in [-0.2, 0) is 37.3 Å². The van der Waals surface area contributed by atoms with Gasteiger partial charge in [-0.25, -0.2) is 87.7 Å². The van der Waals surface area contributed by atoms with E-state index in [0.717, 1.165) is 0 Å². The van der Waals surface area contributed by atoms with Crippen LogP contribution in [0.4, 0.5) is 65.9 Å². The van der Waals surface area contributed by atoms with E-state index in [1.165, 1.54) is 0 Å². The normalized spacial score (nSPS) is 12.4. The molecule has 1 aliphatic rings. The van der Waals surface area contributed by atoms with Gasteiger partial charge in [-0.2, -0.15) is 0 Å². The van der Waals surface area contributed by atoms with Crippen molar-refractivity contribution in [3.05, 3.63) is 123 Å². The largest absolute Gasteiger partial charge is 2.00 e. The van der Waals surface area contributed by atoms with E-state index >= 15 is 26.3 Å². The van der Waals surface area contributed by atoms with E-state index in [1.54, 1.807) is 0 Å². The summed E-state index contributed by atoms with van der Waals surface area (Å²) in [5.41, 5.74) is -20.3. The first kappa shape index (κ1) is 46.7. The minimum Gasteiger partial charge on any atom is -0.744 e. The molecule has 8 rings (SSSR count). The zero-order chi connectivity index (χ0) is 47.0. The van der Waals surface area contributed by atoms with Crippen LogP contribution in [0.2, 0.25) is 0 Å². The number of benzene rings is 3. The average Bonchev–Trinajstić information content (AvgIpc) is 4.07. The number of halogens is 15. The van der Waals surface area contributed by atoms with Crippen LogP contribution in [-0.4, -0.2) is 45.9 Å². The third kappa shape index (κ3) is 7.01. The van der Waals surface area contributed by atoms with Crippen molar-refractivity contribution >= 4 is 65.5 Å². The molecule has 0 spiro atoms. The predicted molar refractivity (Wildman–Crippen MR) is 187 cm³/mol. The Balaban J connectivity index is 0.00000630. The van der Waals surface area contributed by atoms with Crippen LogP contribution in [0.3, 0.4) is 0 Å². The maximum absolute atomic E-state index is 15.8. The van der Waals surface area contributed by atoms with Gasteiger partial charge in [-0.3, -0.25) is 0 Å². The van der Waals surface area contributed by atoms with Gasteiger partial charge < -0.3 is 24.1 Å². The molecule has 1 aliphatic heterocycles. The van der Waals surface area contributed by atoms with E-state index < -0.39 is 195 Å². The molecule has 0 fully saturated rings. The average molecular weight is 1010 g/mol. The molecular formula is C37H9F15FeN4O6S2. The minimum atomic E-state index is -6.18. The van der Waals surface area contributed by atoms with Crippen LogP contribution < -0.4 is 0 Å². The van der Waals surface area contributed by atoms with Crippen molar-refractivity contribution in [2.45, 2.75) is 9.79 Å². The Labute approximate surface area is 359 Å². The van der Waals surface area contributed by atoms with E-state index in [9.17, 15) is 65.5 Å². The van der Waals surface area contributed by atoms with Crippen molar-refractivity contribution in [1.29, 1.82) is 0 Å². The van der Waals surface area contributed by atoms with Gasteiger partial charge in [0.2, 0.25) is 17.5 Å².